The van der Waals surface area contributed by atoms with Crippen molar-refractivity contribution in [2.24, 2.45) is 0 Å². The highest BCUT2D eigenvalue weighted by molar-refractivity contribution is 4.96. The molecule has 2 rings (SSSR count). The predicted octanol–water partition coefficient (Wildman–Crippen LogP) is -0.769. The lowest BCUT2D eigenvalue weighted by Gasteiger charge is -2.38. The van der Waals surface area contributed by atoms with Crippen LogP contribution in [-0.2, 0) is 18.9 Å². The minimum Gasteiger partial charge on any atom is -0.394 e. The van der Waals surface area contributed by atoms with Gasteiger partial charge in [0.05, 0.1) is 6.61 Å². The van der Waals surface area contributed by atoms with Gasteiger partial charge in [-0.1, -0.05) is 0 Å². The van der Waals surface area contributed by atoms with Gasteiger partial charge in [-0.2, -0.15) is 0 Å². The average molecular weight is 234 g/mol. The van der Waals surface area contributed by atoms with Gasteiger partial charge in [0.25, 0.3) is 0 Å². The summed E-state index contributed by atoms with van der Waals surface area (Å²) < 4.78 is 21.6. The van der Waals surface area contributed by atoms with Crippen LogP contribution in [0.4, 0.5) is 0 Å². The quantitative estimate of drug-likeness (QED) is 0.653. The van der Waals surface area contributed by atoms with Crippen LogP contribution in [0.5, 0.6) is 0 Å². The summed E-state index contributed by atoms with van der Waals surface area (Å²) in [4.78, 5) is 0. The summed E-state index contributed by atoms with van der Waals surface area (Å²) in [5.74, 6) is -0.782. The average Bonchev–Trinajstić information content (AvgIpc) is 2.55. The first-order valence-corrected chi connectivity index (χ1v) is 5.31. The van der Waals surface area contributed by atoms with Crippen LogP contribution in [0.25, 0.3) is 0 Å². The van der Waals surface area contributed by atoms with Gasteiger partial charge < -0.3 is 29.2 Å². The predicted molar refractivity (Wildman–Crippen MR) is 52.6 cm³/mol. The molecule has 2 saturated heterocycles. The van der Waals surface area contributed by atoms with Crippen LogP contribution < -0.4 is 0 Å². The molecule has 0 aromatic heterocycles. The molecule has 0 radical (unpaired) electrons. The maximum absolute atomic E-state index is 9.95. The maximum Gasteiger partial charge on any atom is 0.186 e. The first kappa shape index (κ1) is 12.2. The van der Waals surface area contributed by atoms with E-state index in [0.29, 0.717) is 0 Å². The lowest BCUT2D eigenvalue weighted by molar-refractivity contribution is -0.274. The molecule has 0 amide bonds. The molecule has 2 fully saturated rings. The summed E-state index contributed by atoms with van der Waals surface area (Å²) in [5.41, 5.74) is 0. The Morgan fingerprint density at radius 2 is 1.88 bits per heavy atom. The second-order valence-corrected chi connectivity index (χ2v) is 4.52. The monoisotopic (exact) mass is 234 g/mol. The number of aliphatic hydroxyl groups excluding tert-OH is 2. The van der Waals surface area contributed by atoms with Crippen molar-refractivity contribution in [3.05, 3.63) is 0 Å². The summed E-state index contributed by atoms with van der Waals surface area (Å²) >= 11 is 0. The van der Waals surface area contributed by atoms with E-state index < -0.39 is 36.5 Å². The molecule has 0 spiro atoms. The molecule has 16 heavy (non-hydrogen) atoms. The molecule has 5 atom stereocenters. The molecule has 6 heteroatoms. The zero-order chi connectivity index (χ0) is 11.9. The van der Waals surface area contributed by atoms with Crippen LogP contribution in [0.15, 0.2) is 0 Å². The van der Waals surface area contributed by atoms with Crippen molar-refractivity contribution in [2.45, 2.75) is 50.3 Å². The van der Waals surface area contributed by atoms with E-state index in [4.69, 9.17) is 18.9 Å². The van der Waals surface area contributed by atoms with Crippen molar-refractivity contribution in [3.63, 3.8) is 0 Å². The van der Waals surface area contributed by atoms with Crippen LogP contribution in [0.3, 0.4) is 0 Å². The van der Waals surface area contributed by atoms with Gasteiger partial charge in [-0.25, -0.2) is 0 Å². The Morgan fingerprint density at radius 3 is 2.44 bits per heavy atom. The van der Waals surface area contributed by atoms with Crippen molar-refractivity contribution >= 4 is 0 Å². The lowest BCUT2D eigenvalue weighted by Crippen LogP contribution is -2.57. The fraction of sp³-hybridized carbons (Fsp3) is 1.00. The smallest absolute Gasteiger partial charge is 0.186 e. The molecule has 2 heterocycles. The fourth-order valence-corrected chi connectivity index (χ4v) is 2.20. The molecule has 0 aliphatic carbocycles. The summed E-state index contributed by atoms with van der Waals surface area (Å²) in [7, 11) is 1.43. The van der Waals surface area contributed by atoms with Crippen molar-refractivity contribution in [1.29, 1.82) is 0 Å². The van der Waals surface area contributed by atoms with E-state index in [1.807, 2.05) is 0 Å². The molecule has 2 aliphatic heterocycles. The SMILES string of the molecule is COC1OC(CO)C2OC(C)(C)OC2C1O. The van der Waals surface area contributed by atoms with Crippen LogP contribution >= 0.6 is 0 Å². The minimum absolute atomic E-state index is 0.201. The third kappa shape index (κ3) is 1.97. The van der Waals surface area contributed by atoms with E-state index in [0.717, 1.165) is 0 Å². The summed E-state index contributed by atoms with van der Waals surface area (Å²) in [5, 5.41) is 19.2. The van der Waals surface area contributed by atoms with Gasteiger partial charge in [-0.05, 0) is 13.8 Å². The highest BCUT2D eigenvalue weighted by Crippen LogP contribution is 2.37. The Labute approximate surface area is 94.1 Å². The molecule has 6 nitrogen and oxygen atoms in total. The molecule has 0 saturated carbocycles. The van der Waals surface area contributed by atoms with Gasteiger partial charge in [-0.3, -0.25) is 0 Å². The number of aliphatic hydroxyl groups is 2. The zero-order valence-corrected chi connectivity index (χ0v) is 9.62. The van der Waals surface area contributed by atoms with Crippen LogP contribution in [0, 0.1) is 0 Å². The number of hydrogen-bond donors (Lipinski definition) is 2. The highest BCUT2D eigenvalue weighted by atomic mass is 16.8. The van der Waals surface area contributed by atoms with Gasteiger partial charge in [-0.15, -0.1) is 0 Å². The van der Waals surface area contributed by atoms with E-state index in [-0.39, 0.29) is 6.61 Å². The van der Waals surface area contributed by atoms with Gasteiger partial charge >= 0.3 is 0 Å². The molecule has 5 unspecified atom stereocenters. The third-order valence-corrected chi connectivity index (χ3v) is 2.87. The standard InChI is InChI=1S/C10H18O6/c1-10(2)15-7-5(4-11)14-9(13-3)6(12)8(7)16-10/h5-9,11-12H,4H2,1-3H3. The molecule has 94 valence electrons. The molecule has 0 bridgehead atoms. The normalized spacial score (nSPS) is 46.7. The first-order valence-electron chi connectivity index (χ1n) is 5.31. The Morgan fingerprint density at radius 1 is 1.25 bits per heavy atom. The molecule has 0 aromatic rings. The van der Waals surface area contributed by atoms with Gasteiger partial charge in [0.15, 0.2) is 12.1 Å². The Kier molecular flexibility index (Phi) is 3.22. The lowest BCUT2D eigenvalue weighted by atomic mass is 9.99. The molecule has 0 aromatic carbocycles. The molecular formula is C10H18O6. The minimum atomic E-state index is -0.917. The van der Waals surface area contributed by atoms with E-state index in [2.05, 4.69) is 0 Å². The third-order valence-electron chi connectivity index (χ3n) is 2.87. The Hall–Kier alpha value is -0.240. The number of fused-ring (bicyclic) bond motifs is 1. The van der Waals surface area contributed by atoms with E-state index in [1.54, 1.807) is 13.8 Å². The second kappa shape index (κ2) is 4.21. The number of rotatable bonds is 2. The van der Waals surface area contributed by atoms with Gasteiger partial charge in [0, 0.05) is 7.11 Å². The zero-order valence-electron chi connectivity index (χ0n) is 9.62. The van der Waals surface area contributed by atoms with Crippen LogP contribution in [-0.4, -0.2) is 60.4 Å². The van der Waals surface area contributed by atoms with Gasteiger partial charge in [0.1, 0.15) is 24.4 Å². The second-order valence-electron chi connectivity index (χ2n) is 4.52. The summed E-state index contributed by atoms with van der Waals surface area (Å²) in [6, 6.07) is 0. The van der Waals surface area contributed by atoms with Crippen molar-refractivity contribution in [1.82, 2.24) is 0 Å². The van der Waals surface area contributed by atoms with E-state index in [1.165, 1.54) is 7.11 Å². The number of ether oxygens (including phenoxy) is 4. The van der Waals surface area contributed by atoms with Crippen molar-refractivity contribution < 1.29 is 29.2 Å². The topological polar surface area (TPSA) is 77.4 Å². The molecule has 2 N–H and O–H groups in total. The Balaban J connectivity index is 2.18. The van der Waals surface area contributed by atoms with Crippen LogP contribution in [0.2, 0.25) is 0 Å². The number of methoxy groups -OCH3 is 1. The fourth-order valence-electron chi connectivity index (χ4n) is 2.20. The van der Waals surface area contributed by atoms with E-state index in [9.17, 15) is 10.2 Å². The first-order chi connectivity index (χ1) is 7.48. The van der Waals surface area contributed by atoms with Crippen molar-refractivity contribution in [2.75, 3.05) is 13.7 Å². The summed E-state index contributed by atoms with van der Waals surface area (Å²) in [6.07, 6.45) is -3.26. The number of hydrogen-bond acceptors (Lipinski definition) is 6. The van der Waals surface area contributed by atoms with Crippen LogP contribution in [0.1, 0.15) is 13.8 Å². The van der Waals surface area contributed by atoms with E-state index >= 15 is 0 Å². The summed E-state index contributed by atoms with van der Waals surface area (Å²) in [6.45, 7) is 3.32. The highest BCUT2D eigenvalue weighted by Gasteiger charge is 2.54. The van der Waals surface area contributed by atoms with Gasteiger partial charge in [0.2, 0.25) is 0 Å². The Bertz CT molecular complexity index is 256. The molecular weight excluding hydrogens is 216 g/mol. The maximum atomic E-state index is 9.95. The molecule has 2 aliphatic rings. The van der Waals surface area contributed by atoms with Crippen molar-refractivity contribution in [3.8, 4) is 0 Å². The largest absolute Gasteiger partial charge is 0.394 e.